The Morgan fingerprint density at radius 1 is 1.56 bits per heavy atom. The first kappa shape index (κ1) is 13.0. The van der Waals surface area contributed by atoms with Gasteiger partial charge in [-0.3, -0.25) is 0 Å². The molecule has 1 aromatic heterocycles. The van der Waals surface area contributed by atoms with Gasteiger partial charge in [0.15, 0.2) is 5.69 Å². The summed E-state index contributed by atoms with van der Waals surface area (Å²) in [6.45, 7) is 4.82. The van der Waals surface area contributed by atoms with Crippen LogP contribution in [0.15, 0.2) is 0 Å². The van der Waals surface area contributed by atoms with Crippen molar-refractivity contribution < 1.29 is 9.90 Å². The van der Waals surface area contributed by atoms with Crippen molar-refractivity contribution in [3.05, 3.63) is 11.4 Å². The highest BCUT2D eigenvalue weighted by Crippen LogP contribution is 2.12. The van der Waals surface area contributed by atoms with Crippen molar-refractivity contribution >= 4 is 17.7 Å². The molecule has 0 saturated carbocycles. The Kier molecular flexibility index (Phi) is 4.79. The zero-order chi connectivity index (χ0) is 12.1. The zero-order valence-corrected chi connectivity index (χ0v) is 10.6. The van der Waals surface area contributed by atoms with Gasteiger partial charge in [-0.25, -0.2) is 9.48 Å². The highest BCUT2D eigenvalue weighted by atomic mass is 32.2. The fraction of sp³-hybridized carbons (Fsp3) is 0.700. The predicted molar refractivity (Wildman–Crippen MR) is 63.9 cm³/mol. The van der Waals surface area contributed by atoms with E-state index in [2.05, 4.69) is 24.2 Å². The Hall–Kier alpha value is -1.04. The molecule has 0 aliphatic carbocycles. The predicted octanol–water partition coefficient (Wildman–Crippen LogP) is 1.54. The van der Waals surface area contributed by atoms with Gasteiger partial charge in [-0.05, 0) is 18.6 Å². The van der Waals surface area contributed by atoms with E-state index < -0.39 is 5.97 Å². The zero-order valence-electron chi connectivity index (χ0n) is 9.80. The number of carboxylic acids is 1. The molecular weight excluding hydrogens is 226 g/mol. The highest BCUT2D eigenvalue weighted by Gasteiger charge is 2.19. The van der Waals surface area contributed by atoms with Crippen LogP contribution in [0.4, 0.5) is 0 Å². The van der Waals surface area contributed by atoms with E-state index in [1.807, 2.05) is 6.26 Å². The Bertz CT molecular complexity index is 363. The van der Waals surface area contributed by atoms with E-state index in [1.54, 1.807) is 16.4 Å². The van der Waals surface area contributed by atoms with Gasteiger partial charge in [0, 0.05) is 5.75 Å². The number of aromatic carboxylic acids is 1. The summed E-state index contributed by atoms with van der Waals surface area (Å²) in [5, 5.41) is 16.6. The second-order valence-electron chi connectivity index (χ2n) is 4.00. The number of hydrogen-bond donors (Lipinski definition) is 1. The van der Waals surface area contributed by atoms with Gasteiger partial charge in [-0.15, -0.1) is 5.10 Å². The first-order valence-corrected chi connectivity index (χ1v) is 6.60. The molecule has 90 valence electrons. The van der Waals surface area contributed by atoms with E-state index in [0.717, 1.165) is 11.4 Å². The third kappa shape index (κ3) is 3.23. The van der Waals surface area contributed by atoms with Crippen molar-refractivity contribution in [3.63, 3.8) is 0 Å². The molecule has 0 unspecified atom stereocenters. The van der Waals surface area contributed by atoms with Crippen LogP contribution in [0.3, 0.4) is 0 Å². The molecule has 1 heterocycles. The molecule has 6 heteroatoms. The monoisotopic (exact) mass is 243 g/mol. The molecule has 1 aromatic rings. The normalized spacial score (nSPS) is 11.0. The van der Waals surface area contributed by atoms with E-state index in [1.165, 1.54) is 0 Å². The molecule has 0 aromatic carbocycles. The second kappa shape index (κ2) is 5.89. The van der Waals surface area contributed by atoms with Crippen LogP contribution in [0.2, 0.25) is 0 Å². The van der Waals surface area contributed by atoms with Crippen LogP contribution in [0.1, 0.15) is 30.0 Å². The van der Waals surface area contributed by atoms with Crippen molar-refractivity contribution in [2.24, 2.45) is 5.92 Å². The molecule has 16 heavy (non-hydrogen) atoms. The van der Waals surface area contributed by atoms with E-state index >= 15 is 0 Å². The van der Waals surface area contributed by atoms with Crippen molar-refractivity contribution in [1.29, 1.82) is 0 Å². The van der Waals surface area contributed by atoms with Crippen LogP contribution in [0.25, 0.3) is 0 Å². The topological polar surface area (TPSA) is 68.0 Å². The van der Waals surface area contributed by atoms with E-state index in [4.69, 9.17) is 5.11 Å². The lowest BCUT2D eigenvalue weighted by molar-refractivity contribution is 0.0689. The number of rotatable bonds is 6. The van der Waals surface area contributed by atoms with E-state index in [-0.39, 0.29) is 5.69 Å². The third-order valence-electron chi connectivity index (χ3n) is 2.15. The molecule has 0 saturated heterocycles. The minimum atomic E-state index is -0.994. The van der Waals surface area contributed by atoms with Gasteiger partial charge in [-0.2, -0.15) is 11.8 Å². The number of hydrogen-bond acceptors (Lipinski definition) is 4. The summed E-state index contributed by atoms with van der Waals surface area (Å²) in [6, 6.07) is 0. The minimum Gasteiger partial charge on any atom is -0.476 e. The van der Waals surface area contributed by atoms with E-state index in [0.29, 0.717) is 18.9 Å². The van der Waals surface area contributed by atoms with Crippen molar-refractivity contribution in [2.45, 2.75) is 26.8 Å². The van der Waals surface area contributed by atoms with Crippen LogP contribution in [-0.4, -0.2) is 38.1 Å². The molecule has 0 bridgehead atoms. The molecule has 0 aliphatic heterocycles. The average molecular weight is 243 g/mol. The third-order valence-corrected chi connectivity index (χ3v) is 2.74. The van der Waals surface area contributed by atoms with Crippen LogP contribution in [0, 0.1) is 5.92 Å². The van der Waals surface area contributed by atoms with Crippen molar-refractivity contribution in [1.82, 2.24) is 15.0 Å². The fourth-order valence-electron chi connectivity index (χ4n) is 1.45. The summed E-state index contributed by atoms with van der Waals surface area (Å²) >= 11 is 1.71. The lowest BCUT2D eigenvalue weighted by Gasteiger charge is -2.08. The van der Waals surface area contributed by atoms with Crippen LogP contribution in [0.5, 0.6) is 0 Å². The van der Waals surface area contributed by atoms with Gasteiger partial charge in [0.25, 0.3) is 0 Å². The van der Waals surface area contributed by atoms with Crippen LogP contribution in [-0.2, 0) is 13.0 Å². The highest BCUT2D eigenvalue weighted by molar-refractivity contribution is 7.98. The molecule has 0 radical (unpaired) electrons. The number of aryl methyl sites for hydroxylation is 1. The Morgan fingerprint density at radius 3 is 2.75 bits per heavy atom. The molecule has 0 amide bonds. The maximum atomic E-state index is 11.0. The summed E-state index contributed by atoms with van der Waals surface area (Å²) in [6.07, 6.45) is 2.71. The summed E-state index contributed by atoms with van der Waals surface area (Å²) in [4.78, 5) is 11.0. The summed E-state index contributed by atoms with van der Waals surface area (Å²) in [5.74, 6) is 0.309. The van der Waals surface area contributed by atoms with E-state index in [9.17, 15) is 4.79 Å². The van der Waals surface area contributed by atoms with Gasteiger partial charge in [-0.1, -0.05) is 19.1 Å². The average Bonchev–Trinajstić information content (AvgIpc) is 2.57. The summed E-state index contributed by atoms with van der Waals surface area (Å²) in [7, 11) is 0. The summed E-state index contributed by atoms with van der Waals surface area (Å²) in [5.41, 5.74) is 0.825. The minimum absolute atomic E-state index is 0.0924. The Labute approximate surface area is 99.2 Å². The second-order valence-corrected chi connectivity index (χ2v) is 4.99. The molecule has 0 aliphatic rings. The van der Waals surface area contributed by atoms with Crippen molar-refractivity contribution in [3.8, 4) is 0 Å². The number of carboxylic acid groups (broad SMARTS) is 1. The quantitative estimate of drug-likeness (QED) is 0.820. The first-order chi connectivity index (χ1) is 7.56. The molecule has 0 fully saturated rings. The number of aromatic nitrogens is 3. The van der Waals surface area contributed by atoms with Crippen LogP contribution < -0.4 is 0 Å². The Balaban J connectivity index is 2.94. The van der Waals surface area contributed by atoms with Crippen molar-refractivity contribution in [2.75, 3.05) is 12.0 Å². The fourth-order valence-corrected chi connectivity index (χ4v) is 1.80. The maximum Gasteiger partial charge on any atom is 0.358 e. The van der Waals surface area contributed by atoms with Gasteiger partial charge in [0.1, 0.15) is 0 Å². The molecule has 1 N–H and O–H groups in total. The Morgan fingerprint density at radius 2 is 2.25 bits per heavy atom. The van der Waals surface area contributed by atoms with Gasteiger partial charge in [0.2, 0.25) is 0 Å². The lowest BCUT2D eigenvalue weighted by Crippen LogP contribution is -2.12. The molecule has 0 spiro atoms. The van der Waals surface area contributed by atoms with Gasteiger partial charge in [0.05, 0.1) is 12.2 Å². The van der Waals surface area contributed by atoms with Gasteiger partial charge >= 0.3 is 5.97 Å². The number of carbonyl (C=O) groups is 1. The largest absolute Gasteiger partial charge is 0.476 e. The molecular formula is C10H17N3O2S. The molecule has 1 rings (SSSR count). The smallest absolute Gasteiger partial charge is 0.358 e. The molecule has 5 nitrogen and oxygen atoms in total. The first-order valence-electron chi connectivity index (χ1n) is 5.20. The molecule has 0 atom stereocenters. The SMILES string of the molecule is CSCCn1nnc(C(=O)O)c1CC(C)C. The van der Waals surface area contributed by atoms with Crippen LogP contribution >= 0.6 is 11.8 Å². The number of thioether (sulfide) groups is 1. The number of nitrogens with zero attached hydrogens (tertiary/aromatic N) is 3. The standard InChI is InChI=1S/C10H17N3O2S/c1-7(2)6-8-9(10(14)15)11-12-13(8)4-5-16-3/h7H,4-6H2,1-3H3,(H,14,15). The maximum absolute atomic E-state index is 11.0. The summed E-state index contributed by atoms with van der Waals surface area (Å²) < 4.78 is 1.71. The van der Waals surface area contributed by atoms with Gasteiger partial charge < -0.3 is 5.11 Å². The lowest BCUT2D eigenvalue weighted by atomic mass is 10.1.